The number of ether oxygens (including phenoxy) is 1. The first-order chi connectivity index (χ1) is 9.06. The first-order valence-corrected chi connectivity index (χ1v) is 6.22. The van der Waals surface area contributed by atoms with Gasteiger partial charge >= 0.3 is 7.12 Å². The molecule has 0 atom stereocenters. The Morgan fingerprint density at radius 2 is 2.00 bits per heavy atom. The first kappa shape index (κ1) is 13.9. The van der Waals surface area contributed by atoms with Gasteiger partial charge in [0.15, 0.2) is 0 Å². The van der Waals surface area contributed by atoms with Gasteiger partial charge in [-0.1, -0.05) is 23.7 Å². The van der Waals surface area contributed by atoms with Crippen molar-refractivity contribution in [3.63, 3.8) is 0 Å². The zero-order chi connectivity index (χ0) is 13.8. The molecule has 2 N–H and O–H groups in total. The number of benzene rings is 1. The molecule has 0 aliphatic heterocycles. The average Bonchev–Trinajstić information content (AvgIpc) is 2.69. The molecule has 0 saturated heterocycles. The van der Waals surface area contributed by atoms with Crippen LogP contribution in [0.1, 0.15) is 5.69 Å². The van der Waals surface area contributed by atoms with E-state index < -0.39 is 7.12 Å². The standard InChI is InChI=1S/C12H14BClN2O3/c1-9-12(14)8-16(15-9)6-7-19-11-4-2-10(3-5-11)13(17)18/h2-5,8,17-18H,6-7H2,1H3. The van der Waals surface area contributed by atoms with Gasteiger partial charge in [-0.15, -0.1) is 0 Å². The van der Waals surface area contributed by atoms with Crippen molar-refractivity contribution in [2.45, 2.75) is 13.5 Å². The van der Waals surface area contributed by atoms with E-state index in [1.165, 1.54) is 0 Å². The van der Waals surface area contributed by atoms with Gasteiger partial charge in [-0.2, -0.15) is 5.10 Å². The summed E-state index contributed by atoms with van der Waals surface area (Å²) in [6, 6.07) is 6.59. The lowest BCUT2D eigenvalue weighted by molar-refractivity contribution is 0.291. The van der Waals surface area contributed by atoms with E-state index in [1.54, 1.807) is 35.1 Å². The zero-order valence-electron chi connectivity index (χ0n) is 10.5. The zero-order valence-corrected chi connectivity index (χ0v) is 11.2. The van der Waals surface area contributed by atoms with Crippen LogP contribution in [0.4, 0.5) is 0 Å². The Kier molecular flexibility index (Phi) is 4.47. The highest BCUT2D eigenvalue weighted by atomic mass is 35.5. The highest BCUT2D eigenvalue weighted by Crippen LogP contribution is 2.12. The predicted octanol–water partition coefficient (Wildman–Crippen LogP) is 0.604. The molecule has 1 aromatic heterocycles. The smallest absolute Gasteiger partial charge is 0.488 e. The number of halogens is 1. The summed E-state index contributed by atoms with van der Waals surface area (Å²) >= 11 is 5.90. The van der Waals surface area contributed by atoms with Crippen LogP contribution >= 0.6 is 11.6 Å². The van der Waals surface area contributed by atoms with Crippen LogP contribution in [0, 0.1) is 6.92 Å². The average molecular weight is 281 g/mol. The molecule has 0 amide bonds. The molecule has 5 nitrogen and oxygen atoms in total. The van der Waals surface area contributed by atoms with E-state index in [0.29, 0.717) is 29.4 Å². The number of hydrogen-bond donors (Lipinski definition) is 2. The van der Waals surface area contributed by atoms with Crippen LogP contribution in [0.5, 0.6) is 5.75 Å². The lowest BCUT2D eigenvalue weighted by Gasteiger charge is -2.07. The fourth-order valence-corrected chi connectivity index (χ4v) is 1.75. The highest BCUT2D eigenvalue weighted by Gasteiger charge is 2.09. The monoisotopic (exact) mass is 280 g/mol. The maximum Gasteiger partial charge on any atom is 0.488 e. The van der Waals surface area contributed by atoms with Crippen LogP contribution in [0.2, 0.25) is 5.02 Å². The maximum absolute atomic E-state index is 8.96. The van der Waals surface area contributed by atoms with Gasteiger partial charge in [-0.3, -0.25) is 4.68 Å². The lowest BCUT2D eigenvalue weighted by Crippen LogP contribution is -2.29. The normalized spacial score (nSPS) is 10.5. The van der Waals surface area contributed by atoms with E-state index in [-0.39, 0.29) is 0 Å². The summed E-state index contributed by atoms with van der Waals surface area (Å²) < 4.78 is 7.25. The lowest BCUT2D eigenvalue weighted by atomic mass is 9.80. The second-order valence-electron chi connectivity index (χ2n) is 4.12. The van der Waals surface area contributed by atoms with Crippen molar-refractivity contribution < 1.29 is 14.8 Å². The molecule has 0 unspecified atom stereocenters. The third-order valence-electron chi connectivity index (χ3n) is 2.65. The van der Waals surface area contributed by atoms with Gasteiger partial charge < -0.3 is 14.8 Å². The third-order valence-corrected chi connectivity index (χ3v) is 3.02. The first-order valence-electron chi connectivity index (χ1n) is 5.84. The van der Waals surface area contributed by atoms with E-state index in [2.05, 4.69) is 5.10 Å². The molecule has 0 aliphatic carbocycles. The van der Waals surface area contributed by atoms with E-state index in [4.69, 9.17) is 26.4 Å². The number of nitrogens with zero attached hydrogens (tertiary/aromatic N) is 2. The van der Waals surface area contributed by atoms with E-state index in [0.717, 1.165) is 5.69 Å². The summed E-state index contributed by atoms with van der Waals surface area (Å²) in [5.74, 6) is 0.666. The Bertz CT molecular complexity index is 523. The predicted molar refractivity (Wildman–Crippen MR) is 73.7 cm³/mol. The summed E-state index contributed by atoms with van der Waals surface area (Å²) in [6.45, 7) is 2.90. The summed E-state index contributed by atoms with van der Waals surface area (Å²) in [5.41, 5.74) is 1.23. The molecule has 0 bridgehead atoms. The SMILES string of the molecule is Cc1nn(CCOc2ccc(B(O)O)cc2)cc1Cl. The number of hydrogen-bond acceptors (Lipinski definition) is 4. The van der Waals surface area contributed by atoms with E-state index in [1.807, 2.05) is 6.92 Å². The van der Waals surface area contributed by atoms with Crippen LogP contribution < -0.4 is 10.2 Å². The number of aryl methyl sites for hydroxylation is 1. The Hall–Kier alpha value is -1.50. The molecule has 0 spiro atoms. The minimum Gasteiger partial charge on any atom is -0.492 e. The van der Waals surface area contributed by atoms with E-state index in [9.17, 15) is 0 Å². The van der Waals surface area contributed by atoms with Crippen molar-refractivity contribution in [1.82, 2.24) is 9.78 Å². The fraction of sp³-hybridized carbons (Fsp3) is 0.250. The van der Waals surface area contributed by atoms with Gasteiger partial charge in [0.25, 0.3) is 0 Å². The van der Waals surface area contributed by atoms with Crippen molar-refractivity contribution in [3.05, 3.63) is 41.2 Å². The molecule has 100 valence electrons. The largest absolute Gasteiger partial charge is 0.492 e. The van der Waals surface area contributed by atoms with Crippen molar-refractivity contribution in [2.24, 2.45) is 0 Å². The number of rotatable bonds is 5. The molecule has 0 radical (unpaired) electrons. The minimum atomic E-state index is -1.46. The van der Waals surface area contributed by atoms with Gasteiger partial charge in [-0.05, 0) is 24.5 Å². The Morgan fingerprint density at radius 1 is 1.32 bits per heavy atom. The van der Waals surface area contributed by atoms with Crippen LogP contribution in [0.25, 0.3) is 0 Å². The number of aromatic nitrogens is 2. The summed E-state index contributed by atoms with van der Waals surface area (Å²) in [5, 5.41) is 22.8. The second-order valence-corrected chi connectivity index (χ2v) is 4.52. The molecule has 2 aromatic rings. The second kappa shape index (κ2) is 6.10. The third kappa shape index (κ3) is 3.73. The molecule has 0 aliphatic rings. The molecule has 2 rings (SSSR count). The molecule has 0 saturated carbocycles. The van der Waals surface area contributed by atoms with Crippen LogP contribution in [-0.4, -0.2) is 33.6 Å². The van der Waals surface area contributed by atoms with Crippen molar-refractivity contribution in [3.8, 4) is 5.75 Å². The molecule has 7 heteroatoms. The quantitative estimate of drug-likeness (QED) is 0.787. The topological polar surface area (TPSA) is 67.5 Å². The van der Waals surface area contributed by atoms with Gasteiger partial charge in [0, 0.05) is 6.20 Å². The Balaban J connectivity index is 1.85. The van der Waals surface area contributed by atoms with Gasteiger partial charge in [0.1, 0.15) is 12.4 Å². The highest BCUT2D eigenvalue weighted by molar-refractivity contribution is 6.58. The van der Waals surface area contributed by atoms with E-state index >= 15 is 0 Å². The molecule has 19 heavy (non-hydrogen) atoms. The Labute approximate surface area is 116 Å². The molecule has 0 fully saturated rings. The maximum atomic E-state index is 8.96. The van der Waals surface area contributed by atoms with Crippen LogP contribution in [0.15, 0.2) is 30.5 Å². The van der Waals surface area contributed by atoms with Gasteiger partial charge in [-0.25, -0.2) is 0 Å². The van der Waals surface area contributed by atoms with Gasteiger partial charge in [0.2, 0.25) is 0 Å². The molecular weight excluding hydrogens is 266 g/mol. The summed E-state index contributed by atoms with van der Waals surface area (Å²) in [7, 11) is -1.46. The van der Waals surface area contributed by atoms with Gasteiger partial charge in [0.05, 0.1) is 17.3 Å². The van der Waals surface area contributed by atoms with Crippen LogP contribution in [-0.2, 0) is 6.54 Å². The summed E-state index contributed by atoms with van der Waals surface area (Å²) in [6.07, 6.45) is 1.76. The molecule has 1 aromatic carbocycles. The Morgan fingerprint density at radius 3 is 2.53 bits per heavy atom. The minimum absolute atomic E-state index is 0.432. The van der Waals surface area contributed by atoms with Crippen LogP contribution in [0.3, 0.4) is 0 Å². The van der Waals surface area contributed by atoms with Crippen molar-refractivity contribution in [1.29, 1.82) is 0 Å². The summed E-state index contributed by atoms with van der Waals surface area (Å²) in [4.78, 5) is 0. The van der Waals surface area contributed by atoms with Crippen molar-refractivity contribution in [2.75, 3.05) is 6.61 Å². The van der Waals surface area contributed by atoms with Crippen molar-refractivity contribution >= 4 is 24.2 Å². The molecular formula is C12H14BClN2O3. The molecule has 1 heterocycles. The fourth-order valence-electron chi connectivity index (χ4n) is 1.60.